The second-order valence-corrected chi connectivity index (χ2v) is 9.95. The van der Waals surface area contributed by atoms with E-state index in [0.29, 0.717) is 18.0 Å². The summed E-state index contributed by atoms with van der Waals surface area (Å²) in [6.07, 6.45) is -11.7. The van der Waals surface area contributed by atoms with Gasteiger partial charge in [0.2, 0.25) is 0 Å². The van der Waals surface area contributed by atoms with E-state index in [4.69, 9.17) is 14.2 Å². The van der Waals surface area contributed by atoms with Crippen LogP contribution < -0.4 is 15.4 Å². The highest BCUT2D eigenvalue weighted by Crippen LogP contribution is 2.25. The van der Waals surface area contributed by atoms with Gasteiger partial charge < -0.3 is 45.1 Å². The van der Waals surface area contributed by atoms with E-state index in [-0.39, 0.29) is 11.6 Å². The Morgan fingerprint density at radius 3 is 2.30 bits per heavy atom. The number of carbonyl (C=O) groups is 1. The summed E-state index contributed by atoms with van der Waals surface area (Å²) in [4.78, 5) is 12.7. The molecule has 1 amide bonds. The average molecular weight is 589 g/mol. The van der Waals surface area contributed by atoms with Crippen molar-refractivity contribution in [2.45, 2.75) is 61.8 Å². The summed E-state index contributed by atoms with van der Waals surface area (Å²) in [5.74, 6) is 0.850. The van der Waals surface area contributed by atoms with Crippen LogP contribution in [0.25, 0.3) is 0 Å². The first-order valence-corrected chi connectivity index (χ1v) is 13.5. The van der Waals surface area contributed by atoms with E-state index in [9.17, 15) is 39.1 Å². The van der Waals surface area contributed by atoms with Gasteiger partial charge in [-0.2, -0.15) is 0 Å². The molecule has 3 rings (SSSR count). The second-order valence-electron chi connectivity index (χ2n) is 9.00. The number of amides is 1. The Kier molecular flexibility index (Phi) is 12.5. The van der Waals surface area contributed by atoms with E-state index in [1.165, 1.54) is 24.3 Å². The summed E-state index contributed by atoms with van der Waals surface area (Å²) >= 11 is 0.874. The number of benzene rings is 2. The van der Waals surface area contributed by atoms with Gasteiger partial charge in [0.25, 0.3) is 5.24 Å². The first-order chi connectivity index (χ1) is 19.1. The van der Waals surface area contributed by atoms with Crippen LogP contribution in [-0.4, -0.2) is 99.7 Å². The van der Waals surface area contributed by atoms with Crippen molar-refractivity contribution in [1.82, 2.24) is 10.6 Å². The fourth-order valence-corrected chi connectivity index (χ4v) is 4.51. The van der Waals surface area contributed by atoms with Crippen LogP contribution in [0.1, 0.15) is 12.5 Å². The molecule has 0 bridgehead atoms. The van der Waals surface area contributed by atoms with Gasteiger partial charge in [-0.1, -0.05) is 30.8 Å². The molecule has 0 spiro atoms. The normalized spacial score (nSPS) is 25.1. The third kappa shape index (κ3) is 9.06. The molecule has 0 aromatic heterocycles. The lowest BCUT2D eigenvalue weighted by Gasteiger charge is -2.39. The van der Waals surface area contributed by atoms with Crippen LogP contribution in [-0.2, 0) is 15.2 Å². The van der Waals surface area contributed by atoms with Gasteiger partial charge in [0.15, 0.2) is 12.5 Å². The van der Waals surface area contributed by atoms with Crippen LogP contribution in [0, 0.1) is 5.82 Å². The molecule has 2 aromatic rings. The number of carbonyl (C=O) groups excluding carboxylic acids is 1. The van der Waals surface area contributed by atoms with Crippen molar-refractivity contribution in [2.24, 2.45) is 0 Å². The van der Waals surface area contributed by atoms with E-state index in [2.05, 4.69) is 10.6 Å². The van der Waals surface area contributed by atoms with E-state index < -0.39 is 67.6 Å². The van der Waals surface area contributed by atoms with Crippen LogP contribution in [0.4, 0.5) is 13.6 Å². The lowest BCUT2D eigenvalue weighted by atomic mass is 10.0. The summed E-state index contributed by atoms with van der Waals surface area (Å²) in [6, 6.07) is 11.2. The van der Waals surface area contributed by atoms with E-state index in [1.807, 2.05) is 0 Å². The number of nitrogens with one attached hydrogen (secondary N) is 2. The van der Waals surface area contributed by atoms with Crippen LogP contribution in [0.5, 0.6) is 11.5 Å². The Hall–Kier alpha value is -2.40. The van der Waals surface area contributed by atoms with Crippen LogP contribution >= 0.6 is 11.8 Å². The van der Waals surface area contributed by atoms with E-state index in [0.717, 1.165) is 17.3 Å². The zero-order chi connectivity index (χ0) is 29.2. The van der Waals surface area contributed by atoms with Gasteiger partial charge in [-0.3, -0.25) is 10.1 Å². The third-order valence-corrected chi connectivity index (χ3v) is 6.89. The molecule has 222 valence electrons. The topological polar surface area (TPSA) is 170 Å². The zero-order valence-electron chi connectivity index (χ0n) is 21.6. The Morgan fingerprint density at radius 1 is 1.07 bits per heavy atom. The molecule has 1 saturated heterocycles. The third-order valence-electron chi connectivity index (χ3n) is 6.03. The predicted molar refractivity (Wildman–Crippen MR) is 141 cm³/mol. The Bertz CT molecular complexity index is 1050. The van der Waals surface area contributed by atoms with Crippen molar-refractivity contribution in [3.63, 3.8) is 0 Å². The zero-order valence-corrected chi connectivity index (χ0v) is 22.4. The number of likely N-dealkylation sites (N-methyl/N-ethyl adjacent to an activating group) is 1. The smallest absolute Gasteiger partial charge is 0.279 e. The number of thioether (sulfide) groups is 1. The summed E-state index contributed by atoms with van der Waals surface area (Å²) in [5, 5.41) is 54.6. The maximum Gasteiger partial charge on any atom is 0.279 e. The van der Waals surface area contributed by atoms with Crippen LogP contribution in [0.15, 0.2) is 48.5 Å². The molecule has 1 aliphatic rings. The summed E-state index contributed by atoms with van der Waals surface area (Å²) < 4.78 is 43.3. The summed E-state index contributed by atoms with van der Waals surface area (Å²) in [5.41, 5.74) is 0.774. The number of hydrogen-bond acceptors (Lipinski definition) is 11. The van der Waals surface area contributed by atoms with Gasteiger partial charge in [-0.05, 0) is 48.5 Å². The van der Waals surface area contributed by atoms with Crippen molar-refractivity contribution < 1.29 is 53.3 Å². The SMILES string of the molecule is CCN[C@@H](O)[C@@H](O)[C@H](COC1OC(CO)[C@@H](F)C(O)C1O)NC(=O)SCc1ccc(Oc2ccc(F)cc2)cc1. The maximum atomic E-state index is 14.0. The average Bonchev–Trinajstić information content (AvgIpc) is 2.95. The number of rotatable bonds is 13. The molecular weight excluding hydrogens is 554 g/mol. The maximum absolute atomic E-state index is 14.0. The number of halogens is 2. The minimum Gasteiger partial charge on any atom is -0.457 e. The molecule has 0 saturated carbocycles. The largest absolute Gasteiger partial charge is 0.457 e. The Labute approximate surface area is 234 Å². The fraction of sp³-hybridized carbons (Fsp3) is 0.500. The van der Waals surface area contributed by atoms with E-state index >= 15 is 0 Å². The van der Waals surface area contributed by atoms with Gasteiger partial charge in [0.05, 0.1) is 19.3 Å². The number of hydrogen-bond donors (Lipinski definition) is 7. The summed E-state index contributed by atoms with van der Waals surface area (Å²) in [6.45, 7) is 0.738. The molecule has 4 unspecified atom stereocenters. The molecule has 1 heterocycles. The number of aliphatic hydroxyl groups excluding tert-OH is 5. The highest BCUT2D eigenvalue weighted by Gasteiger charge is 2.45. The first-order valence-electron chi connectivity index (χ1n) is 12.6. The molecule has 7 N–H and O–H groups in total. The monoisotopic (exact) mass is 588 g/mol. The fourth-order valence-electron chi connectivity index (χ4n) is 3.79. The molecule has 1 fully saturated rings. The molecule has 8 atom stereocenters. The van der Waals surface area contributed by atoms with Crippen molar-refractivity contribution >= 4 is 17.0 Å². The van der Waals surface area contributed by atoms with E-state index in [1.54, 1.807) is 31.2 Å². The number of ether oxygens (including phenoxy) is 3. The predicted octanol–water partition coefficient (Wildman–Crippen LogP) is 1.01. The Morgan fingerprint density at radius 2 is 1.70 bits per heavy atom. The molecule has 0 aliphatic carbocycles. The van der Waals surface area contributed by atoms with Crippen molar-refractivity contribution in [3.05, 3.63) is 59.9 Å². The molecule has 11 nitrogen and oxygen atoms in total. The highest BCUT2D eigenvalue weighted by atomic mass is 32.2. The second kappa shape index (κ2) is 15.6. The van der Waals surface area contributed by atoms with Gasteiger partial charge in [-0.15, -0.1) is 0 Å². The quantitative estimate of drug-likeness (QED) is 0.167. The highest BCUT2D eigenvalue weighted by molar-refractivity contribution is 8.12. The first kappa shape index (κ1) is 32.1. The molecule has 1 aliphatic heterocycles. The van der Waals surface area contributed by atoms with Gasteiger partial charge in [-0.25, -0.2) is 8.78 Å². The van der Waals surface area contributed by atoms with Crippen LogP contribution in [0.2, 0.25) is 0 Å². The number of alkyl halides is 1. The van der Waals surface area contributed by atoms with Crippen LogP contribution in [0.3, 0.4) is 0 Å². The van der Waals surface area contributed by atoms with Gasteiger partial charge in [0, 0.05) is 5.75 Å². The number of aliphatic hydroxyl groups is 5. The lowest BCUT2D eigenvalue weighted by molar-refractivity contribution is -0.293. The molecule has 14 heteroatoms. The molecule has 2 aromatic carbocycles. The van der Waals surface area contributed by atoms with Crippen molar-refractivity contribution in [3.8, 4) is 11.5 Å². The minimum absolute atomic E-state index is 0.245. The molecular formula is C26H34F2N2O9S. The summed E-state index contributed by atoms with van der Waals surface area (Å²) in [7, 11) is 0. The molecule has 0 radical (unpaired) electrons. The van der Waals surface area contributed by atoms with Gasteiger partial charge in [0.1, 0.15) is 48.0 Å². The van der Waals surface area contributed by atoms with Crippen molar-refractivity contribution in [2.75, 3.05) is 19.8 Å². The van der Waals surface area contributed by atoms with Crippen molar-refractivity contribution in [1.29, 1.82) is 0 Å². The Balaban J connectivity index is 1.56. The van der Waals surface area contributed by atoms with Gasteiger partial charge >= 0.3 is 0 Å². The molecule has 40 heavy (non-hydrogen) atoms. The lowest BCUT2D eigenvalue weighted by Crippen LogP contribution is -2.59. The standard InChI is InChI=1S/C26H34F2N2O9S/c1-2-29-24(35)21(32)18(12-37-25-23(34)22(33)20(28)19(11-31)39-25)30-26(36)40-13-14-3-7-16(8-4-14)38-17-9-5-15(27)6-10-17/h3-10,18-25,29,31-35H,2,11-13H2,1H3,(H,30,36)/t18-,19?,20+,21-,22?,23?,24-,25?/m0/s1. The minimum atomic E-state index is -2.04.